The molecule has 0 aliphatic carbocycles. The molecule has 9 nitrogen and oxygen atoms in total. The van der Waals surface area contributed by atoms with E-state index in [0.29, 0.717) is 52.1 Å². The van der Waals surface area contributed by atoms with E-state index in [4.69, 9.17) is 32.4 Å². The second-order valence-corrected chi connectivity index (χ2v) is 12.3. The largest absolute Gasteiger partial charge is 0.492 e. The van der Waals surface area contributed by atoms with Gasteiger partial charge in [0.15, 0.2) is 5.76 Å². The van der Waals surface area contributed by atoms with Gasteiger partial charge in [-0.05, 0) is 51.5 Å². The Bertz CT molecular complexity index is 1810. The molecule has 1 aromatic heterocycles. The summed E-state index contributed by atoms with van der Waals surface area (Å²) in [6.45, 7) is 0.547. The van der Waals surface area contributed by atoms with E-state index in [1.54, 1.807) is 43.5 Å². The van der Waals surface area contributed by atoms with E-state index in [1.807, 2.05) is 0 Å². The van der Waals surface area contributed by atoms with Crippen LogP contribution in [0.4, 0.5) is 13.2 Å². The molecular weight excluding hydrogens is 648 g/mol. The number of alkyl halides is 3. The lowest BCUT2D eigenvalue weighted by atomic mass is 10.00. The van der Waals surface area contributed by atoms with Crippen molar-refractivity contribution in [1.82, 2.24) is 9.79 Å². The summed E-state index contributed by atoms with van der Waals surface area (Å²) in [5.41, 5.74) is 2.52. The number of ether oxygens (including phenoxy) is 1. The number of halogens is 5. The van der Waals surface area contributed by atoms with Crippen molar-refractivity contribution in [1.29, 1.82) is 0 Å². The van der Waals surface area contributed by atoms with Crippen molar-refractivity contribution >= 4 is 55.9 Å². The van der Waals surface area contributed by atoms with Crippen molar-refractivity contribution in [3.05, 3.63) is 93.2 Å². The van der Waals surface area contributed by atoms with Crippen molar-refractivity contribution in [2.24, 2.45) is 0 Å². The second kappa shape index (κ2) is 13.7. The fraction of sp³-hybridized carbons (Fsp3) is 0.241. The fourth-order valence-electron chi connectivity index (χ4n) is 4.23. The molecule has 0 unspecified atom stereocenters. The Kier molecular flexibility index (Phi) is 10.4. The first-order valence-corrected chi connectivity index (χ1v) is 15.4. The molecular formula is C29H25Cl2F3N2O7S. The molecule has 1 N–H and O–H groups in total. The molecule has 1 heterocycles. The number of nitrogens with zero attached hydrogens (tertiary/aromatic N) is 1. The van der Waals surface area contributed by atoms with Gasteiger partial charge >= 0.3 is 12.1 Å². The lowest BCUT2D eigenvalue weighted by Crippen LogP contribution is -2.37. The van der Waals surface area contributed by atoms with Crippen molar-refractivity contribution in [3.63, 3.8) is 0 Å². The van der Waals surface area contributed by atoms with Gasteiger partial charge in [-0.15, -0.1) is 0 Å². The summed E-state index contributed by atoms with van der Waals surface area (Å²) in [5.74, 6) is -3.06. The highest BCUT2D eigenvalue weighted by Gasteiger charge is 2.44. The van der Waals surface area contributed by atoms with Gasteiger partial charge in [0, 0.05) is 41.7 Å². The number of methoxy groups -OCH3 is 1. The third-order valence-electron chi connectivity index (χ3n) is 6.32. The predicted molar refractivity (Wildman–Crippen MR) is 158 cm³/mol. The van der Waals surface area contributed by atoms with Crippen LogP contribution in [-0.4, -0.2) is 57.3 Å². The molecule has 234 valence electrons. The average Bonchev–Trinajstić information content (AvgIpc) is 3.31. The Morgan fingerprint density at radius 3 is 2.41 bits per heavy atom. The zero-order valence-corrected chi connectivity index (χ0v) is 25.5. The number of fused-ring (bicyclic) bond motifs is 1. The highest BCUT2D eigenvalue weighted by Crippen LogP contribution is 2.34. The number of sulfonamides is 1. The first-order chi connectivity index (χ1) is 20.7. The van der Waals surface area contributed by atoms with Gasteiger partial charge in [0.1, 0.15) is 5.58 Å². The Morgan fingerprint density at radius 2 is 1.75 bits per heavy atom. The van der Waals surface area contributed by atoms with Gasteiger partial charge in [0.25, 0.3) is 0 Å². The average molecular weight is 673 g/mol. The molecule has 0 fully saturated rings. The molecule has 0 atom stereocenters. The van der Waals surface area contributed by atoms with Crippen LogP contribution in [-0.2, 0) is 37.5 Å². The fourth-order valence-corrected chi connectivity index (χ4v) is 5.31. The molecule has 0 saturated heterocycles. The monoisotopic (exact) mass is 672 g/mol. The third kappa shape index (κ3) is 7.97. The van der Waals surface area contributed by atoms with E-state index in [-0.39, 0.29) is 32.9 Å². The lowest BCUT2D eigenvalue weighted by Gasteiger charge is -2.19. The summed E-state index contributed by atoms with van der Waals surface area (Å²) < 4.78 is 73.4. The zero-order chi connectivity index (χ0) is 32.2. The predicted octanol–water partition coefficient (Wildman–Crippen LogP) is 6.16. The zero-order valence-electron chi connectivity index (χ0n) is 23.2. The van der Waals surface area contributed by atoms with Gasteiger partial charge < -0.3 is 19.3 Å². The number of hydrogen-bond donors (Lipinski definition) is 1. The minimum Gasteiger partial charge on any atom is -0.452 e. The smallest absolute Gasteiger partial charge is 0.452 e. The number of benzene rings is 3. The van der Waals surface area contributed by atoms with Crippen molar-refractivity contribution in [2.75, 3.05) is 26.5 Å². The van der Waals surface area contributed by atoms with Crippen LogP contribution in [0.3, 0.4) is 0 Å². The van der Waals surface area contributed by atoms with Crippen LogP contribution in [0, 0.1) is 0 Å². The SMILES string of the molecule is COCCNCc1c(C(=O)c2ccc(Cl)cc2Cl)oc2cc(-c3cccc(CN(OC(=O)C(F)(F)F)S(C)(=O)=O)c3)ccc12. The number of ketones is 1. The molecule has 44 heavy (non-hydrogen) atoms. The summed E-state index contributed by atoms with van der Waals surface area (Å²) in [7, 11) is -2.80. The number of hydrogen-bond acceptors (Lipinski definition) is 8. The molecule has 3 aromatic carbocycles. The van der Waals surface area contributed by atoms with Gasteiger partial charge in [-0.3, -0.25) is 4.79 Å². The quantitative estimate of drug-likeness (QED) is 0.108. The van der Waals surface area contributed by atoms with Crippen LogP contribution in [0.2, 0.25) is 10.0 Å². The Hall–Kier alpha value is -3.46. The van der Waals surface area contributed by atoms with E-state index in [2.05, 4.69) is 10.2 Å². The van der Waals surface area contributed by atoms with E-state index < -0.39 is 34.5 Å². The van der Waals surface area contributed by atoms with E-state index >= 15 is 0 Å². The van der Waals surface area contributed by atoms with Crippen molar-refractivity contribution in [3.8, 4) is 11.1 Å². The maximum Gasteiger partial charge on any atom is 0.492 e. The summed E-state index contributed by atoms with van der Waals surface area (Å²) in [5, 5.41) is 4.37. The number of rotatable bonds is 12. The highest BCUT2D eigenvalue weighted by molar-refractivity contribution is 7.88. The summed E-state index contributed by atoms with van der Waals surface area (Å²) in [6, 6.07) is 15.9. The maximum absolute atomic E-state index is 13.5. The summed E-state index contributed by atoms with van der Waals surface area (Å²) >= 11 is 12.3. The van der Waals surface area contributed by atoms with E-state index in [0.717, 1.165) is 0 Å². The second-order valence-electron chi connectivity index (χ2n) is 9.54. The summed E-state index contributed by atoms with van der Waals surface area (Å²) in [6.07, 6.45) is -4.77. The molecule has 4 rings (SSSR count). The number of carbonyl (C=O) groups is 2. The Labute approximate surface area is 260 Å². The molecule has 0 aliphatic rings. The van der Waals surface area contributed by atoms with Crippen LogP contribution < -0.4 is 5.32 Å². The van der Waals surface area contributed by atoms with Crippen LogP contribution in [0.1, 0.15) is 27.2 Å². The molecule has 0 saturated carbocycles. The van der Waals surface area contributed by atoms with Crippen molar-refractivity contribution in [2.45, 2.75) is 19.3 Å². The van der Waals surface area contributed by atoms with Gasteiger partial charge in [-0.1, -0.05) is 53.5 Å². The maximum atomic E-state index is 13.5. The molecule has 0 amide bonds. The molecule has 0 spiro atoms. The standard InChI is InChI=1S/C29H25Cl2F3N2O7S/c1-41-11-10-35-15-23-21-8-6-19(13-25(21)42-27(23)26(37)22-9-7-20(30)14-24(22)31)18-5-3-4-17(12-18)16-36(44(2,39)40)43-28(38)29(32,33)34/h3-9,12-14,35H,10-11,15-16H2,1-2H3. The van der Waals surface area contributed by atoms with E-state index in [9.17, 15) is 31.2 Å². The molecule has 0 bridgehead atoms. The van der Waals surface area contributed by atoms with Crippen LogP contribution in [0.15, 0.2) is 65.1 Å². The van der Waals surface area contributed by atoms with Gasteiger partial charge in [-0.25, -0.2) is 13.2 Å². The minimum absolute atomic E-state index is 0.0275. The number of furan rings is 1. The summed E-state index contributed by atoms with van der Waals surface area (Å²) in [4.78, 5) is 29.0. The van der Waals surface area contributed by atoms with Crippen LogP contribution in [0.5, 0.6) is 0 Å². The highest BCUT2D eigenvalue weighted by atomic mass is 35.5. The number of nitrogens with one attached hydrogen (secondary N) is 1. The van der Waals surface area contributed by atoms with Gasteiger partial charge in [0.2, 0.25) is 15.8 Å². The third-order valence-corrected chi connectivity index (χ3v) is 7.81. The Morgan fingerprint density at radius 1 is 1.02 bits per heavy atom. The van der Waals surface area contributed by atoms with Gasteiger partial charge in [-0.2, -0.15) is 13.2 Å². The van der Waals surface area contributed by atoms with Gasteiger partial charge in [0.05, 0.1) is 24.4 Å². The van der Waals surface area contributed by atoms with Crippen LogP contribution in [0.25, 0.3) is 22.1 Å². The lowest BCUT2D eigenvalue weighted by molar-refractivity contribution is -0.223. The molecule has 0 aliphatic heterocycles. The minimum atomic E-state index is -5.39. The number of hydroxylamine groups is 1. The van der Waals surface area contributed by atoms with E-state index in [1.165, 1.54) is 24.3 Å². The molecule has 4 aromatic rings. The first-order valence-electron chi connectivity index (χ1n) is 12.8. The first kappa shape index (κ1) is 33.4. The normalized spacial score (nSPS) is 12.2. The number of carbonyl (C=O) groups excluding carboxylic acids is 2. The Balaban J connectivity index is 1.70. The van der Waals surface area contributed by atoms with Crippen molar-refractivity contribution < 1.29 is 45.2 Å². The topological polar surface area (TPSA) is 115 Å². The molecule has 0 radical (unpaired) electrons. The van der Waals surface area contributed by atoms with Crippen LogP contribution >= 0.6 is 23.2 Å². The molecule has 15 heteroatoms.